The molecule has 3 aromatic rings. The standard InChI is InChI=1S/C20H16NO2PS4/c22-21(23)17-11-13-18(14-12-17)26-24(25)27-19(15-7-3-1-4-8-15)20(28-24)16-9-5-2-6-10-16/h1-14,19-20H/t19-,20?,24?/m1/s1. The van der Waals surface area contributed by atoms with Crippen molar-refractivity contribution in [3.05, 3.63) is 106 Å². The average Bonchev–Trinajstić information content (AvgIpc) is 3.07. The van der Waals surface area contributed by atoms with Crippen LogP contribution in [0.5, 0.6) is 0 Å². The highest BCUT2D eigenvalue weighted by Gasteiger charge is 2.42. The van der Waals surface area contributed by atoms with E-state index in [2.05, 4.69) is 48.5 Å². The van der Waals surface area contributed by atoms with Crippen molar-refractivity contribution >= 4 is 55.3 Å². The van der Waals surface area contributed by atoms with Crippen molar-refractivity contribution in [3.63, 3.8) is 0 Å². The molecule has 3 aromatic carbocycles. The third-order valence-corrected chi connectivity index (χ3v) is 18.1. The summed E-state index contributed by atoms with van der Waals surface area (Å²) < 4.78 is -1.86. The zero-order valence-corrected chi connectivity index (χ0v) is 18.7. The zero-order valence-electron chi connectivity index (χ0n) is 14.6. The molecule has 1 heterocycles. The highest BCUT2D eigenvalue weighted by atomic mass is 33.5. The van der Waals surface area contributed by atoms with E-state index in [9.17, 15) is 10.1 Å². The van der Waals surface area contributed by atoms with Crippen LogP contribution in [0.25, 0.3) is 0 Å². The Kier molecular flexibility index (Phi) is 6.18. The van der Waals surface area contributed by atoms with Gasteiger partial charge in [-0.05, 0) is 23.3 Å². The predicted octanol–water partition coefficient (Wildman–Crippen LogP) is 7.87. The first-order chi connectivity index (χ1) is 13.5. The normalized spacial score (nSPS) is 24.1. The highest BCUT2D eigenvalue weighted by molar-refractivity contribution is 9.24. The van der Waals surface area contributed by atoms with Gasteiger partial charge in [-0.1, -0.05) is 107 Å². The van der Waals surface area contributed by atoms with E-state index in [0.29, 0.717) is 10.5 Å². The Bertz CT molecular complexity index is 964. The third kappa shape index (κ3) is 4.50. The van der Waals surface area contributed by atoms with E-state index in [1.807, 2.05) is 47.0 Å². The lowest BCUT2D eigenvalue weighted by molar-refractivity contribution is -0.384. The second-order valence-corrected chi connectivity index (χ2v) is 21.7. The Balaban J connectivity index is 1.63. The summed E-state index contributed by atoms with van der Waals surface area (Å²) in [6, 6.07) is 27.8. The maximum atomic E-state index is 10.9. The molecule has 3 nitrogen and oxygen atoms in total. The van der Waals surface area contributed by atoms with Crippen LogP contribution in [0, 0.1) is 10.1 Å². The number of non-ortho nitro benzene ring substituents is 1. The van der Waals surface area contributed by atoms with Gasteiger partial charge in [0.15, 0.2) is 0 Å². The number of hydrogen-bond acceptors (Lipinski definition) is 6. The topological polar surface area (TPSA) is 43.1 Å². The Hall–Kier alpha value is -1.24. The Morgan fingerprint density at radius 1 is 0.821 bits per heavy atom. The molecular formula is C20H16NO2PS4. The molecule has 4 rings (SSSR count). The molecule has 0 N–H and O–H groups in total. The Morgan fingerprint density at radius 2 is 1.29 bits per heavy atom. The molecule has 3 atom stereocenters. The Labute approximate surface area is 181 Å². The van der Waals surface area contributed by atoms with Crippen LogP contribution in [0.4, 0.5) is 5.69 Å². The van der Waals surface area contributed by atoms with E-state index in [0.717, 1.165) is 4.90 Å². The first kappa shape index (κ1) is 20.0. The molecule has 1 aliphatic rings. The summed E-state index contributed by atoms with van der Waals surface area (Å²) in [5.74, 6) is 0. The summed E-state index contributed by atoms with van der Waals surface area (Å²) in [7, 11) is 0. The summed E-state index contributed by atoms with van der Waals surface area (Å²) in [4.78, 5) is 11.5. The summed E-state index contributed by atoms with van der Waals surface area (Å²) in [6.07, 6.45) is 0. The van der Waals surface area contributed by atoms with Crippen molar-refractivity contribution < 1.29 is 4.92 Å². The summed E-state index contributed by atoms with van der Waals surface area (Å²) in [6.45, 7) is 0. The fourth-order valence-corrected chi connectivity index (χ4v) is 19.3. The van der Waals surface area contributed by atoms with E-state index in [4.69, 9.17) is 11.8 Å². The predicted molar refractivity (Wildman–Crippen MR) is 127 cm³/mol. The lowest BCUT2D eigenvalue weighted by Gasteiger charge is -2.17. The molecule has 0 amide bonds. The molecule has 28 heavy (non-hydrogen) atoms. The fraction of sp³-hybridized carbons (Fsp3) is 0.100. The van der Waals surface area contributed by atoms with E-state index < -0.39 is 3.64 Å². The van der Waals surface area contributed by atoms with Gasteiger partial charge < -0.3 is 0 Å². The van der Waals surface area contributed by atoms with Crippen molar-refractivity contribution in [2.75, 3.05) is 0 Å². The van der Waals surface area contributed by atoms with Crippen LogP contribution in [0.1, 0.15) is 21.6 Å². The molecule has 1 aliphatic heterocycles. The molecule has 1 fully saturated rings. The number of hydrogen-bond donors (Lipinski definition) is 0. The van der Waals surface area contributed by atoms with Gasteiger partial charge in [-0.15, -0.1) is 0 Å². The van der Waals surface area contributed by atoms with Crippen molar-refractivity contribution in [3.8, 4) is 0 Å². The van der Waals surface area contributed by atoms with Crippen LogP contribution in [-0.4, -0.2) is 4.92 Å². The number of nitro groups is 1. The van der Waals surface area contributed by atoms with E-state index in [1.54, 1.807) is 23.5 Å². The molecule has 0 radical (unpaired) electrons. The molecule has 1 saturated heterocycles. The first-order valence-corrected chi connectivity index (χ1v) is 15.7. The second-order valence-electron chi connectivity index (χ2n) is 6.16. The van der Waals surface area contributed by atoms with E-state index >= 15 is 0 Å². The smallest absolute Gasteiger partial charge is 0.258 e. The van der Waals surface area contributed by atoms with Crippen LogP contribution in [0.15, 0.2) is 89.8 Å². The molecule has 0 saturated carbocycles. The van der Waals surface area contributed by atoms with Gasteiger partial charge in [0.2, 0.25) is 0 Å². The highest BCUT2D eigenvalue weighted by Crippen LogP contribution is 2.92. The maximum absolute atomic E-state index is 10.9. The SMILES string of the molecule is O=[N+]([O-])c1ccc(SP2(=S)SC(c3ccccc3)[C@@H](c3ccccc3)S2)cc1. The quantitative estimate of drug-likeness (QED) is 0.219. The lowest BCUT2D eigenvalue weighted by atomic mass is 10.0. The molecule has 0 spiro atoms. The monoisotopic (exact) mass is 461 g/mol. The van der Waals surface area contributed by atoms with Crippen molar-refractivity contribution in [2.45, 2.75) is 15.4 Å². The van der Waals surface area contributed by atoms with Crippen molar-refractivity contribution in [1.29, 1.82) is 0 Å². The van der Waals surface area contributed by atoms with Gasteiger partial charge in [-0.3, -0.25) is 10.1 Å². The number of rotatable bonds is 5. The van der Waals surface area contributed by atoms with Crippen LogP contribution in [0.2, 0.25) is 0 Å². The van der Waals surface area contributed by atoms with Crippen LogP contribution < -0.4 is 0 Å². The number of nitrogens with zero attached hydrogens (tertiary/aromatic N) is 1. The van der Waals surface area contributed by atoms with Gasteiger partial charge in [-0.2, -0.15) is 0 Å². The van der Waals surface area contributed by atoms with Crippen LogP contribution in [-0.2, 0) is 11.8 Å². The van der Waals surface area contributed by atoms with E-state index in [1.165, 1.54) is 11.1 Å². The maximum Gasteiger partial charge on any atom is 0.269 e. The van der Waals surface area contributed by atoms with Gasteiger partial charge in [0.1, 0.15) is 3.64 Å². The molecule has 0 bridgehead atoms. The average molecular weight is 462 g/mol. The van der Waals surface area contributed by atoms with Gasteiger partial charge in [0.25, 0.3) is 5.69 Å². The lowest BCUT2D eigenvalue weighted by Crippen LogP contribution is -1.99. The van der Waals surface area contributed by atoms with Crippen molar-refractivity contribution in [2.24, 2.45) is 0 Å². The minimum absolute atomic E-state index is 0.108. The largest absolute Gasteiger partial charge is 0.269 e. The van der Waals surface area contributed by atoms with Gasteiger partial charge >= 0.3 is 0 Å². The minimum atomic E-state index is -1.86. The van der Waals surface area contributed by atoms with Gasteiger partial charge in [0.05, 0.1) is 15.4 Å². The molecule has 142 valence electrons. The molecule has 0 aromatic heterocycles. The molecular weight excluding hydrogens is 445 g/mol. The molecule has 0 aliphatic carbocycles. The third-order valence-electron chi connectivity index (χ3n) is 4.28. The summed E-state index contributed by atoms with van der Waals surface area (Å²) in [5.41, 5.74) is 2.70. The zero-order chi connectivity index (χ0) is 19.6. The van der Waals surface area contributed by atoms with Gasteiger partial charge in [-0.25, -0.2) is 0 Å². The summed E-state index contributed by atoms with van der Waals surface area (Å²) >= 11 is 11.6. The second kappa shape index (κ2) is 8.64. The number of benzene rings is 3. The fourth-order valence-electron chi connectivity index (χ4n) is 2.97. The van der Waals surface area contributed by atoms with Gasteiger partial charge in [0, 0.05) is 17.0 Å². The molecule has 8 heteroatoms. The van der Waals surface area contributed by atoms with Crippen molar-refractivity contribution in [1.82, 2.24) is 0 Å². The molecule has 2 unspecified atom stereocenters. The van der Waals surface area contributed by atoms with E-state index in [-0.39, 0.29) is 10.6 Å². The Morgan fingerprint density at radius 3 is 1.71 bits per heavy atom. The van der Waals surface area contributed by atoms with Crippen LogP contribution in [0.3, 0.4) is 0 Å². The minimum Gasteiger partial charge on any atom is -0.258 e. The first-order valence-electron chi connectivity index (χ1n) is 8.55. The number of nitro benzene ring substituents is 1. The summed E-state index contributed by atoms with van der Waals surface area (Å²) in [5, 5.41) is 11.5. The van der Waals surface area contributed by atoms with Crippen LogP contribution >= 0.6 is 37.8 Å².